The Morgan fingerprint density at radius 3 is 2.41 bits per heavy atom. The topological polar surface area (TPSA) is 87.4 Å². The molecule has 2 atom stereocenters. The Hall–Kier alpha value is -2.77. The maximum Gasteiger partial charge on any atom is 0.263 e. The summed E-state index contributed by atoms with van der Waals surface area (Å²) in [4.78, 5) is 25.4. The number of nitrogens with zero attached hydrogens (tertiary/aromatic N) is 3. The molecule has 1 saturated carbocycles. The third-order valence-corrected chi connectivity index (χ3v) is 5.43. The van der Waals surface area contributed by atoms with Gasteiger partial charge in [-0.15, -0.1) is 0 Å². The van der Waals surface area contributed by atoms with Crippen molar-refractivity contribution in [3.63, 3.8) is 0 Å². The standard InChI is InChI=1S/C19H21F2N5O/c1-9-4-10(2)15(11(3)5-9)23-6-12-16(22)24-18(25-17(12)27)26-7-13-14(8-26)19(13,20)21/h4-6,13-14H,7-8H2,1-3H3,(H3,22,24,25,27). The van der Waals surface area contributed by atoms with Crippen LogP contribution in [-0.4, -0.2) is 35.2 Å². The Morgan fingerprint density at radius 2 is 1.85 bits per heavy atom. The molecule has 1 aromatic carbocycles. The number of aromatic nitrogens is 2. The normalized spacial score (nSPS) is 23.1. The van der Waals surface area contributed by atoms with Crippen LogP contribution >= 0.6 is 0 Å². The third-order valence-electron chi connectivity index (χ3n) is 5.43. The lowest BCUT2D eigenvalue weighted by Crippen LogP contribution is -2.31. The fourth-order valence-corrected chi connectivity index (χ4v) is 3.95. The fraction of sp³-hybridized carbons (Fsp3) is 0.421. The summed E-state index contributed by atoms with van der Waals surface area (Å²) in [5.41, 5.74) is 9.61. The molecular weight excluding hydrogens is 352 g/mol. The molecule has 2 heterocycles. The van der Waals surface area contributed by atoms with Gasteiger partial charge in [0.05, 0.1) is 17.5 Å². The quantitative estimate of drug-likeness (QED) is 0.810. The van der Waals surface area contributed by atoms with Crippen LogP contribution in [0.5, 0.6) is 0 Å². The molecule has 0 amide bonds. The van der Waals surface area contributed by atoms with Gasteiger partial charge in [0, 0.05) is 19.3 Å². The van der Waals surface area contributed by atoms with Crippen molar-refractivity contribution in [2.45, 2.75) is 26.7 Å². The number of nitrogen functional groups attached to an aromatic ring is 1. The van der Waals surface area contributed by atoms with Crippen LogP contribution in [0.3, 0.4) is 0 Å². The first-order valence-corrected chi connectivity index (χ1v) is 8.83. The van der Waals surface area contributed by atoms with Crippen LogP contribution in [0.15, 0.2) is 21.9 Å². The summed E-state index contributed by atoms with van der Waals surface area (Å²) < 4.78 is 26.7. The van der Waals surface area contributed by atoms with Gasteiger partial charge in [-0.3, -0.25) is 14.8 Å². The largest absolute Gasteiger partial charge is 0.383 e. The average molecular weight is 373 g/mol. The number of aromatic amines is 1. The molecule has 3 N–H and O–H groups in total. The van der Waals surface area contributed by atoms with E-state index >= 15 is 0 Å². The lowest BCUT2D eigenvalue weighted by atomic mass is 10.1. The molecular formula is C19H21F2N5O. The van der Waals surface area contributed by atoms with Crippen molar-refractivity contribution >= 4 is 23.7 Å². The molecule has 2 aliphatic rings. The number of hydrogen-bond donors (Lipinski definition) is 2. The van der Waals surface area contributed by atoms with Crippen LogP contribution in [0, 0.1) is 32.6 Å². The first-order chi connectivity index (χ1) is 12.7. The van der Waals surface area contributed by atoms with Crippen LogP contribution < -0.4 is 16.2 Å². The molecule has 4 rings (SSSR count). The molecule has 0 bridgehead atoms. The number of aryl methyl sites for hydroxylation is 3. The zero-order valence-electron chi connectivity index (χ0n) is 15.4. The Bertz CT molecular complexity index is 977. The minimum absolute atomic E-state index is 0.0345. The van der Waals surface area contributed by atoms with Crippen molar-refractivity contribution in [3.05, 3.63) is 44.7 Å². The monoisotopic (exact) mass is 373 g/mol. The number of aliphatic imine (C=N–C) groups is 1. The van der Waals surface area contributed by atoms with Crippen molar-refractivity contribution in [2.24, 2.45) is 16.8 Å². The molecule has 2 unspecified atom stereocenters. The maximum absolute atomic E-state index is 13.3. The van der Waals surface area contributed by atoms with E-state index in [0.717, 1.165) is 22.4 Å². The van der Waals surface area contributed by atoms with Crippen molar-refractivity contribution in [1.82, 2.24) is 9.97 Å². The van der Waals surface area contributed by atoms with E-state index in [2.05, 4.69) is 15.0 Å². The second kappa shape index (κ2) is 5.87. The Balaban J connectivity index is 1.60. The summed E-state index contributed by atoms with van der Waals surface area (Å²) in [6.45, 7) is 6.27. The lowest BCUT2D eigenvalue weighted by Gasteiger charge is -2.20. The molecule has 2 aromatic rings. The summed E-state index contributed by atoms with van der Waals surface area (Å²) in [6, 6.07) is 4.03. The third kappa shape index (κ3) is 2.89. The van der Waals surface area contributed by atoms with Gasteiger partial charge in [0.1, 0.15) is 11.4 Å². The molecule has 1 aliphatic carbocycles. The highest BCUT2D eigenvalue weighted by Gasteiger charge is 2.71. The van der Waals surface area contributed by atoms with Crippen LogP contribution in [0.25, 0.3) is 0 Å². The summed E-state index contributed by atoms with van der Waals surface area (Å²) >= 11 is 0. The van der Waals surface area contributed by atoms with Crippen molar-refractivity contribution in [3.8, 4) is 0 Å². The maximum atomic E-state index is 13.3. The van der Waals surface area contributed by atoms with E-state index in [1.54, 1.807) is 4.90 Å². The van der Waals surface area contributed by atoms with Crippen molar-refractivity contribution < 1.29 is 8.78 Å². The first kappa shape index (κ1) is 17.6. The number of hydrogen-bond acceptors (Lipinski definition) is 5. The van der Waals surface area contributed by atoms with Gasteiger partial charge >= 0.3 is 0 Å². The SMILES string of the molecule is Cc1cc(C)c(N=Cc2c(N)nc(N3CC4C(C3)C4(F)F)[nH]c2=O)c(C)c1. The van der Waals surface area contributed by atoms with Crippen molar-refractivity contribution in [2.75, 3.05) is 23.7 Å². The van der Waals surface area contributed by atoms with E-state index in [-0.39, 0.29) is 30.4 Å². The summed E-state index contributed by atoms with van der Waals surface area (Å²) in [7, 11) is 0. The second-order valence-electron chi connectivity index (χ2n) is 7.49. The van der Waals surface area contributed by atoms with Gasteiger partial charge in [-0.25, -0.2) is 8.78 Å². The van der Waals surface area contributed by atoms with Gasteiger partial charge in [-0.05, 0) is 31.9 Å². The molecule has 6 nitrogen and oxygen atoms in total. The van der Waals surface area contributed by atoms with E-state index in [1.807, 2.05) is 32.9 Å². The van der Waals surface area contributed by atoms with Gasteiger partial charge in [-0.1, -0.05) is 17.7 Å². The summed E-state index contributed by atoms with van der Waals surface area (Å²) in [5, 5.41) is 0. The number of rotatable bonds is 3. The first-order valence-electron chi connectivity index (χ1n) is 8.83. The Labute approximate surface area is 155 Å². The molecule has 1 aromatic heterocycles. The number of anilines is 2. The minimum Gasteiger partial charge on any atom is -0.383 e. The van der Waals surface area contributed by atoms with Gasteiger partial charge in [0.2, 0.25) is 5.95 Å². The van der Waals surface area contributed by atoms with Gasteiger partial charge < -0.3 is 10.6 Å². The summed E-state index contributed by atoms with van der Waals surface area (Å²) in [6.07, 6.45) is 1.41. The number of piperidine rings is 1. The van der Waals surface area contributed by atoms with E-state index in [0.29, 0.717) is 0 Å². The smallest absolute Gasteiger partial charge is 0.263 e. The zero-order chi connectivity index (χ0) is 19.5. The molecule has 27 heavy (non-hydrogen) atoms. The number of benzene rings is 1. The van der Waals surface area contributed by atoms with E-state index in [9.17, 15) is 13.6 Å². The number of alkyl halides is 2. The Morgan fingerprint density at radius 1 is 1.26 bits per heavy atom. The van der Waals surface area contributed by atoms with Crippen LogP contribution in [-0.2, 0) is 0 Å². The number of nitrogens with one attached hydrogen (secondary N) is 1. The van der Waals surface area contributed by atoms with E-state index in [1.165, 1.54) is 6.21 Å². The minimum atomic E-state index is -2.58. The Kier molecular flexibility index (Phi) is 3.83. The molecule has 0 radical (unpaired) electrons. The van der Waals surface area contributed by atoms with Crippen LogP contribution in [0.4, 0.5) is 26.2 Å². The highest BCUT2D eigenvalue weighted by Crippen LogP contribution is 2.59. The van der Waals surface area contributed by atoms with Gasteiger partial charge in [0.15, 0.2) is 0 Å². The van der Waals surface area contributed by atoms with Gasteiger partial charge in [0.25, 0.3) is 11.5 Å². The molecule has 2 fully saturated rings. The summed E-state index contributed by atoms with van der Waals surface area (Å²) in [5.74, 6) is -3.62. The predicted octanol–water partition coefficient (Wildman–Crippen LogP) is 2.73. The molecule has 1 saturated heterocycles. The molecule has 8 heteroatoms. The number of nitrogens with two attached hydrogens (primary N) is 1. The molecule has 1 aliphatic heterocycles. The fourth-order valence-electron chi connectivity index (χ4n) is 3.95. The zero-order valence-corrected chi connectivity index (χ0v) is 15.4. The van der Waals surface area contributed by atoms with E-state index in [4.69, 9.17) is 5.73 Å². The number of halogens is 2. The van der Waals surface area contributed by atoms with Crippen molar-refractivity contribution in [1.29, 1.82) is 0 Å². The van der Waals surface area contributed by atoms with Crippen LogP contribution in [0.1, 0.15) is 22.3 Å². The molecule has 0 spiro atoms. The lowest BCUT2D eigenvalue weighted by molar-refractivity contribution is 0.0796. The van der Waals surface area contributed by atoms with Crippen LogP contribution in [0.2, 0.25) is 0 Å². The van der Waals surface area contributed by atoms with Gasteiger partial charge in [-0.2, -0.15) is 4.98 Å². The average Bonchev–Trinajstić information content (AvgIpc) is 2.94. The highest BCUT2D eigenvalue weighted by atomic mass is 19.3. The second-order valence-corrected chi connectivity index (χ2v) is 7.49. The predicted molar refractivity (Wildman–Crippen MR) is 101 cm³/mol. The van der Waals surface area contributed by atoms with E-state index < -0.39 is 23.3 Å². The highest BCUT2D eigenvalue weighted by molar-refractivity contribution is 5.87. The number of fused-ring (bicyclic) bond motifs is 1. The molecule has 142 valence electrons. The number of H-pyrrole nitrogens is 1.